The number of halogens is 2. The highest BCUT2D eigenvalue weighted by Gasteiger charge is 2.24. The molecule has 0 aromatic heterocycles. The molecule has 110 valence electrons. The summed E-state index contributed by atoms with van der Waals surface area (Å²) in [5.74, 6) is -0.238. The Kier molecular flexibility index (Phi) is 5.58. The first-order chi connectivity index (χ1) is 9.61. The van der Waals surface area contributed by atoms with Gasteiger partial charge in [0.05, 0.1) is 5.56 Å². The van der Waals surface area contributed by atoms with E-state index < -0.39 is 5.82 Å². The Morgan fingerprint density at radius 1 is 1.40 bits per heavy atom. The van der Waals surface area contributed by atoms with Gasteiger partial charge in [0, 0.05) is 10.5 Å². The first-order valence-corrected chi connectivity index (χ1v) is 8.17. The van der Waals surface area contributed by atoms with Crippen molar-refractivity contribution in [1.82, 2.24) is 5.32 Å². The van der Waals surface area contributed by atoms with Crippen molar-refractivity contribution < 1.29 is 9.18 Å². The first-order valence-electron chi connectivity index (χ1n) is 7.37. The van der Waals surface area contributed by atoms with Crippen LogP contribution in [0.25, 0.3) is 0 Å². The highest BCUT2D eigenvalue weighted by atomic mass is 79.9. The van der Waals surface area contributed by atoms with Gasteiger partial charge >= 0.3 is 0 Å². The van der Waals surface area contributed by atoms with E-state index in [9.17, 15) is 9.18 Å². The standard InChI is InChI=1S/C16H21BrFNO/c1-2-15(11-6-4-3-5-7-11)19-16(20)13-10-12(17)8-9-14(13)18/h8-11,15H,2-7H2,1H3,(H,19,20). The highest BCUT2D eigenvalue weighted by Crippen LogP contribution is 2.28. The fraction of sp³-hybridized carbons (Fsp3) is 0.562. The van der Waals surface area contributed by atoms with Gasteiger partial charge in [-0.15, -0.1) is 0 Å². The maximum Gasteiger partial charge on any atom is 0.254 e. The second kappa shape index (κ2) is 7.21. The summed E-state index contributed by atoms with van der Waals surface area (Å²) in [6, 6.07) is 4.62. The molecule has 0 radical (unpaired) electrons. The van der Waals surface area contributed by atoms with Gasteiger partial charge in [0.1, 0.15) is 5.82 Å². The summed E-state index contributed by atoms with van der Waals surface area (Å²) in [4.78, 5) is 12.3. The van der Waals surface area contributed by atoms with E-state index in [1.165, 1.54) is 44.2 Å². The summed E-state index contributed by atoms with van der Waals surface area (Å²) in [5.41, 5.74) is 0.119. The molecule has 0 bridgehead atoms. The molecule has 2 rings (SSSR count). The van der Waals surface area contributed by atoms with Crippen LogP contribution in [0.3, 0.4) is 0 Å². The molecule has 1 amide bonds. The number of amides is 1. The molecule has 2 nitrogen and oxygen atoms in total. The van der Waals surface area contributed by atoms with Crippen LogP contribution in [-0.2, 0) is 0 Å². The van der Waals surface area contributed by atoms with E-state index in [4.69, 9.17) is 0 Å². The summed E-state index contributed by atoms with van der Waals surface area (Å²) in [6.45, 7) is 2.08. The molecule has 0 saturated heterocycles. The number of carbonyl (C=O) groups is 1. The van der Waals surface area contributed by atoms with Gasteiger partial charge in [-0.2, -0.15) is 0 Å². The van der Waals surface area contributed by atoms with Crippen LogP contribution in [0, 0.1) is 11.7 Å². The molecule has 1 N–H and O–H groups in total. The molecule has 4 heteroatoms. The van der Waals surface area contributed by atoms with Crippen LogP contribution in [0.1, 0.15) is 55.8 Å². The van der Waals surface area contributed by atoms with E-state index in [1.807, 2.05) is 0 Å². The highest BCUT2D eigenvalue weighted by molar-refractivity contribution is 9.10. The van der Waals surface area contributed by atoms with Crippen LogP contribution in [0.15, 0.2) is 22.7 Å². The van der Waals surface area contributed by atoms with E-state index in [-0.39, 0.29) is 17.5 Å². The van der Waals surface area contributed by atoms with Crippen LogP contribution >= 0.6 is 15.9 Å². The van der Waals surface area contributed by atoms with Crippen molar-refractivity contribution >= 4 is 21.8 Å². The molecule has 0 aliphatic heterocycles. The van der Waals surface area contributed by atoms with Gasteiger partial charge in [-0.3, -0.25) is 4.79 Å². The Labute approximate surface area is 128 Å². The van der Waals surface area contributed by atoms with Crippen molar-refractivity contribution in [3.05, 3.63) is 34.1 Å². The zero-order valence-corrected chi connectivity index (χ0v) is 13.4. The van der Waals surface area contributed by atoms with Gasteiger partial charge in [0.2, 0.25) is 0 Å². The van der Waals surface area contributed by atoms with Gasteiger partial charge < -0.3 is 5.32 Å². The topological polar surface area (TPSA) is 29.1 Å². The Balaban J connectivity index is 2.06. The van der Waals surface area contributed by atoms with Gasteiger partial charge in [-0.1, -0.05) is 42.1 Å². The van der Waals surface area contributed by atoms with Crippen molar-refractivity contribution in [3.8, 4) is 0 Å². The number of hydrogen-bond donors (Lipinski definition) is 1. The molecule has 20 heavy (non-hydrogen) atoms. The Morgan fingerprint density at radius 2 is 2.10 bits per heavy atom. The van der Waals surface area contributed by atoms with Crippen molar-refractivity contribution in [3.63, 3.8) is 0 Å². The molecule has 1 fully saturated rings. The third kappa shape index (κ3) is 3.81. The van der Waals surface area contributed by atoms with Crippen LogP contribution in [-0.4, -0.2) is 11.9 Å². The summed E-state index contributed by atoms with van der Waals surface area (Å²) in [5, 5.41) is 3.02. The first kappa shape index (κ1) is 15.5. The average Bonchev–Trinajstić information content (AvgIpc) is 2.48. The predicted molar refractivity (Wildman–Crippen MR) is 82.2 cm³/mol. The molecule has 1 aliphatic carbocycles. The molecule has 1 aromatic carbocycles. The quantitative estimate of drug-likeness (QED) is 0.846. The number of nitrogens with one attached hydrogen (secondary N) is 1. The Hall–Kier alpha value is -0.900. The lowest BCUT2D eigenvalue weighted by Crippen LogP contribution is -2.41. The minimum Gasteiger partial charge on any atom is -0.349 e. The van der Waals surface area contributed by atoms with Crippen molar-refractivity contribution in [2.24, 2.45) is 5.92 Å². The number of benzene rings is 1. The van der Waals surface area contributed by atoms with Gasteiger partial charge in [0.15, 0.2) is 0 Å². The molecule has 1 aromatic rings. The lowest BCUT2D eigenvalue weighted by atomic mass is 9.83. The zero-order valence-electron chi connectivity index (χ0n) is 11.8. The van der Waals surface area contributed by atoms with Crippen molar-refractivity contribution in [2.45, 2.75) is 51.5 Å². The van der Waals surface area contributed by atoms with Gasteiger partial charge in [-0.25, -0.2) is 4.39 Å². The molecule has 1 unspecified atom stereocenters. The van der Waals surface area contributed by atoms with E-state index >= 15 is 0 Å². The van der Waals surface area contributed by atoms with Gasteiger partial charge in [0.25, 0.3) is 5.91 Å². The smallest absolute Gasteiger partial charge is 0.254 e. The molecule has 0 spiro atoms. The molecule has 0 heterocycles. The summed E-state index contributed by atoms with van der Waals surface area (Å²) in [7, 11) is 0. The summed E-state index contributed by atoms with van der Waals surface area (Å²) < 4.78 is 14.5. The molecular formula is C16H21BrFNO. The fourth-order valence-electron chi connectivity index (χ4n) is 3.01. The van der Waals surface area contributed by atoms with E-state index in [0.29, 0.717) is 5.92 Å². The molecular weight excluding hydrogens is 321 g/mol. The predicted octanol–water partition coefficient (Wildman–Crippen LogP) is 4.68. The molecule has 1 atom stereocenters. The Bertz CT molecular complexity index is 472. The van der Waals surface area contributed by atoms with Gasteiger partial charge in [-0.05, 0) is 43.4 Å². The van der Waals surface area contributed by atoms with E-state index in [1.54, 1.807) is 6.07 Å². The average molecular weight is 342 g/mol. The van der Waals surface area contributed by atoms with Crippen molar-refractivity contribution in [1.29, 1.82) is 0 Å². The van der Waals surface area contributed by atoms with Crippen LogP contribution in [0.4, 0.5) is 4.39 Å². The maximum atomic E-state index is 13.7. The third-order valence-electron chi connectivity index (χ3n) is 4.15. The zero-order chi connectivity index (χ0) is 14.5. The second-order valence-corrected chi connectivity index (χ2v) is 6.43. The van der Waals surface area contributed by atoms with E-state index in [2.05, 4.69) is 28.2 Å². The summed E-state index contributed by atoms with van der Waals surface area (Å²) in [6.07, 6.45) is 7.00. The van der Waals surface area contributed by atoms with Crippen molar-refractivity contribution in [2.75, 3.05) is 0 Å². The minimum atomic E-state index is -0.468. The summed E-state index contributed by atoms with van der Waals surface area (Å²) >= 11 is 3.28. The van der Waals surface area contributed by atoms with Crippen LogP contribution in [0.5, 0.6) is 0 Å². The lowest BCUT2D eigenvalue weighted by Gasteiger charge is -2.30. The minimum absolute atomic E-state index is 0.119. The van der Waals surface area contributed by atoms with Crippen LogP contribution in [0.2, 0.25) is 0 Å². The fourth-order valence-corrected chi connectivity index (χ4v) is 3.37. The second-order valence-electron chi connectivity index (χ2n) is 5.51. The van der Waals surface area contributed by atoms with E-state index in [0.717, 1.165) is 10.9 Å². The number of carbonyl (C=O) groups excluding carboxylic acids is 1. The lowest BCUT2D eigenvalue weighted by molar-refractivity contribution is 0.0907. The molecule has 1 saturated carbocycles. The normalized spacial score (nSPS) is 17.8. The van der Waals surface area contributed by atoms with Crippen LogP contribution < -0.4 is 5.32 Å². The maximum absolute atomic E-state index is 13.7. The largest absolute Gasteiger partial charge is 0.349 e. The third-order valence-corrected chi connectivity index (χ3v) is 4.64. The monoisotopic (exact) mass is 341 g/mol. The molecule has 1 aliphatic rings. The number of rotatable bonds is 4. The Morgan fingerprint density at radius 3 is 2.75 bits per heavy atom. The number of hydrogen-bond acceptors (Lipinski definition) is 1. The SMILES string of the molecule is CCC(NC(=O)c1cc(Br)ccc1F)C1CCCCC1.